The highest BCUT2D eigenvalue weighted by Gasteiger charge is 2.29. The maximum atomic E-state index is 5.87. The fourth-order valence-corrected chi connectivity index (χ4v) is 3.88. The minimum absolute atomic E-state index is 0.267. The molecular formula is C16H25BrN2. The predicted molar refractivity (Wildman–Crippen MR) is 84.7 cm³/mol. The normalized spacial score (nSPS) is 25.3. The van der Waals surface area contributed by atoms with E-state index in [4.69, 9.17) is 5.84 Å². The minimum atomic E-state index is 0.267. The van der Waals surface area contributed by atoms with Crippen LogP contribution in [0.25, 0.3) is 0 Å². The standard InChI is InChI=1S/C16H25BrN2/c1-3-12-5-4-6-13(10-12)16(19-18)14-9-11(2)7-8-15(14)17/h7-9,12-13,16,19H,3-6,10,18H2,1-2H3. The van der Waals surface area contributed by atoms with Gasteiger partial charge in [-0.15, -0.1) is 0 Å². The van der Waals surface area contributed by atoms with Gasteiger partial charge < -0.3 is 0 Å². The Morgan fingerprint density at radius 3 is 2.89 bits per heavy atom. The van der Waals surface area contributed by atoms with Crippen molar-refractivity contribution >= 4 is 15.9 Å². The third-order valence-corrected chi connectivity index (χ3v) is 5.26. The number of nitrogens with one attached hydrogen (secondary N) is 1. The van der Waals surface area contributed by atoms with Crippen molar-refractivity contribution in [3.8, 4) is 0 Å². The molecule has 0 aliphatic heterocycles. The number of hydrazine groups is 1. The zero-order valence-electron chi connectivity index (χ0n) is 12.0. The molecule has 0 aromatic heterocycles. The lowest BCUT2D eigenvalue weighted by Gasteiger charge is -2.34. The highest BCUT2D eigenvalue weighted by atomic mass is 79.9. The summed E-state index contributed by atoms with van der Waals surface area (Å²) in [5.74, 6) is 7.40. The first-order chi connectivity index (χ1) is 9.15. The molecule has 19 heavy (non-hydrogen) atoms. The van der Waals surface area contributed by atoms with E-state index in [2.05, 4.69) is 53.4 Å². The van der Waals surface area contributed by atoms with Gasteiger partial charge in [0.2, 0.25) is 0 Å². The SMILES string of the molecule is CCC1CCCC(C(NN)c2cc(C)ccc2Br)C1. The molecule has 1 aromatic rings. The van der Waals surface area contributed by atoms with Crippen LogP contribution in [0.2, 0.25) is 0 Å². The van der Waals surface area contributed by atoms with Crippen molar-refractivity contribution in [3.05, 3.63) is 33.8 Å². The van der Waals surface area contributed by atoms with Crippen molar-refractivity contribution < 1.29 is 0 Å². The van der Waals surface area contributed by atoms with Crippen LogP contribution in [0.5, 0.6) is 0 Å². The molecule has 0 saturated heterocycles. The summed E-state index contributed by atoms with van der Waals surface area (Å²) >= 11 is 3.68. The molecule has 2 nitrogen and oxygen atoms in total. The Kier molecular flexibility index (Phi) is 5.43. The van der Waals surface area contributed by atoms with Gasteiger partial charge in [0.05, 0.1) is 0 Å². The largest absolute Gasteiger partial charge is 0.271 e. The first-order valence-electron chi connectivity index (χ1n) is 7.37. The van der Waals surface area contributed by atoms with Crippen LogP contribution in [0.1, 0.15) is 56.2 Å². The summed E-state index contributed by atoms with van der Waals surface area (Å²) in [7, 11) is 0. The molecule has 0 heterocycles. The van der Waals surface area contributed by atoms with Gasteiger partial charge in [0.25, 0.3) is 0 Å². The fourth-order valence-electron chi connectivity index (χ4n) is 3.39. The molecule has 3 unspecified atom stereocenters. The van der Waals surface area contributed by atoms with Gasteiger partial charge in [0.1, 0.15) is 0 Å². The molecule has 0 bridgehead atoms. The van der Waals surface area contributed by atoms with Gasteiger partial charge >= 0.3 is 0 Å². The molecule has 3 atom stereocenters. The third kappa shape index (κ3) is 3.59. The smallest absolute Gasteiger partial charge is 0.0499 e. The van der Waals surface area contributed by atoms with E-state index in [0.717, 1.165) is 5.92 Å². The second kappa shape index (κ2) is 6.87. The predicted octanol–water partition coefficient (Wildman–Crippen LogP) is 4.48. The molecule has 0 spiro atoms. The van der Waals surface area contributed by atoms with E-state index in [-0.39, 0.29) is 6.04 Å². The lowest BCUT2D eigenvalue weighted by molar-refractivity contribution is 0.209. The summed E-state index contributed by atoms with van der Waals surface area (Å²) in [6.07, 6.45) is 6.60. The Balaban J connectivity index is 2.21. The highest BCUT2D eigenvalue weighted by Crippen LogP contribution is 2.40. The van der Waals surface area contributed by atoms with Crippen LogP contribution in [-0.4, -0.2) is 0 Å². The lowest BCUT2D eigenvalue weighted by atomic mass is 9.75. The number of hydrogen-bond donors (Lipinski definition) is 2. The van der Waals surface area contributed by atoms with Gasteiger partial charge in [0.15, 0.2) is 0 Å². The minimum Gasteiger partial charge on any atom is -0.271 e. The Labute approximate surface area is 125 Å². The maximum absolute atomic E-state index is 5.87. The Bertz CT molecular complexity index is 419. The van der Waals surface area contributed by atoms with Crippen molar-refractivity contribution in [3.63, 3.8) is 0 Å². The number of hydrogen-bond acceptors (Lipinski definition) is 2. The third-order valence-electron chi connectivity index (χ3n) is 4.54. The Morgan fingerprint density at radius 1 is 1.42 bits per heavy atom. The van der Waals surface area contributed by atoms with Crippen LogP contribution in [0.15, 0.2) is 22.7 Å². The fraction of sp³-hybridized carbons (Fsp3) is 0.625. The molecular weight excluding hydrogens is 300 g/mol. The van der Waals surface area contributed by atoms with Gasteiger partial charge in [-0.1, -0.05) is 59.8 Å². The molecule has 106 valence electrons. The maximum Gasteiger partial charge on any atom is 0.0499 e. The van der Waals surface area contributed by atoms with E-state index in [1.54, 1.807) is 0 Å². The van der Waals surface area contributed by atoms with Gasteiger partial charge in [-0.3, -0.25) is 11.3 Å². The van der Waals surface area contributed by atoms with E-state index in [1.807, 2.05) is 0 Å². The summed E-state index contributed by atoms with van der Waals surface area (Å²) in [6, 6.07) is 6.79. The van der Waals surface area contributed by atoms with Crippen LogP contribution in [-0.2, 0) is 0 Å². The van der Waals surface area contributed by atoms with Crippen molar-refractivity contribution in [2.75, 3.05) is 0 Å². The number of benzene rings is 1. The molecule has 3 N–H and O–H groups in total. The number of nitrogens with two attached hydrogens (primary N) is 1. The van der Waals surface area contributed by atoms with E-state index < -0.39 is 0 Å². The Hall–Kier alpha value is -0.380. The summed E-state index contributed by atoms with van der Waals surface area (Å²) in [6.45, 7) is 4.44. The molecule has 1 aliphatic carbocycles. The average Bonchev–Trinajstić information content (AvgIpc) is 2.44. The summed E-state index contributed by atoms with van der Waals surface area (Å²) < 4.78 is 1.17. The molecule has 1 saturated carbocycles. The van der Waals surface area contributed by atoms with Crippen LogP contribution in [0.4, 0.5) is 0 Å². The van der Waals surface area contributed by atoms with Crippen molar-refractivity contribution in [2.24, 2.45) is 17.7 Å². The van der Waals surface area contributed by atoms with E-state index in [0.29, 0.717) is 5.92 Å². The highest BCUT2D eigenvalue weighted by molar-refractivity contribution is 9.10. The molecule has 1 fully saturated rings. The quantitative estimate of drug-likeness (QED) is 0.633. The van der Waals surface area contributed by atoms with Crippen LogP contribution in [0, 0.1) is 18.8 Å². The molecule has 2 rings (SSSR count). The van der Waals surface area contributed by atoms with Crippen LogP contribution >= 0.6 is 15.9 Å². The van der Waals surface area contributed by atoms with Gasteiger partial charge in [0, 0.05) is 10.5 Å². The van der Waals surface area contributed by atoms with Crippen LogP contribution in [0.3, 0.4) is 0 Å². The topological polar surface area (TPSA) is 38.0 Å². The van der Waals surface area contributed by atoms with Crippen molar-refractivity contribution in [1.82, 2.24) is 5.43 Å². The lowest BCUT2D eigenvalue weighted by Crippen LogP contribution is -2.36. The first-order valence-corrected chi connectivity index (χ1v) is 8.17. The molecule has 1 aliphatic rings. The Morgan fingerprint density at radius 2 is 2.21 bits per heavy atom. The summed E-state index contributed by atoms with van der Waals surface area (Å²) in [5, 5.41) is 0. The molecule has 0 amide bonds. The van der Waals surface area contributed by atoms with Crippen molar-refractivity contribution in [1.29, 1.82) is 0 Å². The number of halogens is 1. The van der Waals surface area contributed by atoms with Gasteiger partial charge in [-0.25, -0.2) is 0 Å². The average molecular weight is 325 g/mol. The molecule has 3 heteroatoms. The first kappa shape index (κ1) is 15.0. The van der Waals surface area contributed by atoms with E-state index in [1.165, 1.54) is 47.7 Å². The zero-order chi connectivity index (χ0) is 13.8. The second-order valence-electron chi connectivity index (χ2n) is 5.87. The molecule has 1 aromatic carbocycles. The summed E-state index contributed by atoms with van der Waals surface area (Å²) in [5.41, 5.74) is 5.67. The second-order valence-corrected chi connectivity index (χ2v) is 6.72. The van der Waals surface area contributed by atoms with Gasteiger partial charge in [-0.05, 0) is 43.2 Å². The summed E-state index contributed by atoms with van der Waals surface area (Å²) in [4.78, 5) is 0. The number of rotatable bonds is 4. The zero-order valence-corrected chi connectivity index (χ0v) is 13.5. The van der Waals surface area contributed by atoms with E-state index in [9.17, 15) is 0 Å². The van der Waals surface area contributed by atoms with Gasteiger partial charge in [-0.2, -0.15) is 0 Å². The van der Waals surface area contributed by atoms with Crippen molar-refractivity contribution in [2.45, 2.75) is 52.0 Å². The monoisotopic (exact) mass is 324 g/mol. The molecule has 0 radical (unpaired) electrons. The number of aryl methyl sites for hydroxylation is 1. The van der Waals surface area contributed by atoms with E-state index >= 15 is 0 Å². The van der Waals surface area contributed by atoms with Crippen LogP contribution < -0.4 is 11.3 Å².